The summed E-state index contributed by atoms with van der Waals surface area (Å²) in [5.41, 5.74) is 7.56. The Bertz CT molecular complexity index is 585. The molecule has 6 heteroatoms. The van der Waals surface area contributed by atoms with Crippen molar-refractivity contribution in [2.24, 2.45) is 0 Å². The van der Waals surface area contributed by atoms with Crippen molar-refractivity contribution in [1.29, 1.82) is 0 Å². The van der Waals surface area contributed by atoms with E-state index in [1.807, 2.05) is 24.3 Å². The number of anilines is 2. The van der Waals surface area contributed by atoms with Gasteiger partial charge in [-0.1, -0.05) is 6.92 Å². The van der Waals surface area contributed by atoms with E-state index in [1.54, 1.807) is 18.3 Å². The van der Waals surface area contributed by atoms with Crippen LogP contribution in [0, 0.1) is 0 Å². The molecule has 0 saturated carbocycles. The summed E-state index contributed by atoms with van der Waals surface area (Å²) in [6.45, 7) is 2.74. The van der Waals surface area contributed by atoms with E-state index < -0.39 is 0 Å². The number of aromatic nitrogens is 1. The maximum absolute atomic E-state index is 11.9. The molecule has 2 aromatic rings. The minimum Gasteiger partial charge on any atom is -0.494 e. The number of hydrogen-bond acceptors (Lipinski definition) is 4. The number of rotatable bonds is 6. The highest BCUT2D eigenvalue weighted by molar-refractivity contribution is 5.92. The van der Waals surface area contributed by atoms with Gasteiger partial charge in [0.05, 0.1) is 24.9 Å². The Hall–Kier alpha value is -2.27. The molecule has 0 bridgehead atoms. The van der Waals surface area contributed by atoms with Crippen LogP contribution in [-0.2, 0) is 11.2 Å². The molecule has 0 fully saturated rings. The van der Waals surface area contributed by atoms with Crippen molar-refractivity contribution in [3.8, 4) is 5.75 Å². The molecule has 0 saturated heterocycles. The molecule has 22 heavy (non-hydrogen) atoms. The number of nitrogens with zero attached hydrogens (tertiary/aromatic N) is 1. The van der Waals surface area contributed by atoms with Gasteiger partial charge >= 0.3 is 0 Å². The van der Waals surface area contributed by atoms with E-state index in [0.717, 1.165) is 17.9 Å². The number of halogens is 1. The fourth-order valence-electron chi connectivity index (χ4n) is 1.76. The molecule has 2 rings (SSSR count). The van der Waals surface area contributed by atoms with E-state index in [1.165, 1.54) is 0 Å². The Labute approximate surface area is 136 Å². The first-order chi connectivity index (χ1) is 10.2. The van der Waals surface area contributed by atoms with E-state index in [4.69, 9.17) is 10.5 Å². The standard InChI is InChI=1S/C16H19N3O2.ClH/c1-2-9-21-15-7-5-13(6-8-15)19-16(20)10-14-4-3-12(17)11-18-14;/h3-8,11H,2,9-10,17H2,1H3,(H,19,20);1H. The van der Waals surface area contributed by atoms with Gasteiger partial charge < -0.3 is 15.8 Å². The van der Waals surface area contributed by atoms with Gasteiger partial charge in [0, 0.05) is 11.4 Å². The quantitative estimate of drug-likeness (QED) is 0.857. The molecule has 3 N–H and O–H groups in total. The predicted octanol–water partition coefficient (Wildman–Crippen LogP) is 3.06. The summed E-state index contributed by atoms with van der Waals surface area (Å²) in [4.78, 5) is 16.0. The molecular formula is C16H20ClN3O2. The highest BCUT2D eigenvalue weighted by Crippen LogP contribution is 2.16. The summed E-state index contributed by atoms with van der Waals surface area (Å²) in [6, 6.07) is 10.8. The molecule has 0 aliphatic carbocycles. The summed E-state index contributed by atoms with van der Waals surface area (Å²) in [7, 11) is 0. The lowest BCUT2D eigenvalue weighted by molar-refractivity contribution is -0.115. The molecule has 118 valence electrons. The molecule has 0 aliphatic rings. The predicted molar refractivity (Wildman–Crippen MR) is 90.5 cm³/mol. The van der Waals surface area contributed by atoms with Crippen molar-refractivity contribution in [2.75, 3.05) is 17.7 Å². The third-order valence-electron chi connectivity index (χ3n) is 2.80. The van der Waals surface area contributed by atoms with Crippen LogP contribution in [-0.4, -0.2) is 17.5 Å². The molecule has 1 amide bonds. The minimum atomic E-state index is -0.116. The monoisotopic (exact) mass is 321 g/mol. The first-order valence-corrected chi connectivity index (χ1v) is 6.90. The van der Waals surface area contributed by atoms with E-state index in [0.29, 0.717) is 18.0 Å². The smallest absolute Gasteiger partial charge is 0.230 e. The number of nitrogens with two attached hydrogens (primary N) is 1. The van der Waals surface area contributed by atoms with Crippen LogP contribution in [0.5, 0.6) is 5.75 Å². The molecule has 0 radical (unpaired) electrons. The van der Waals surface area contributed by atoms with Crippen LogP contribution in [0.2, 0.25) is 0 Å². The number of carbonyl (C=O) groups excluding carboxylic acids is 1. The topological polar surface area (TPSA) is 77.2 Å². The Morgan fingerprint density at radius 3 is 2.55 bits per heavy atom. The molecule has 0 aliphatic heterocycles. The number of pyridine rings is 1. The highest BCUT2D eigenvalue weighted by atomic mass is 35.5. The maximum atomic E-state index is 11.9. The zero-order valence-corrected chi connectivity index (χ0v) is 13.2. The van der Waals surface area contributed by atoms with Crippen LogP contribution in [0.1, 0.15) is 19.0 Å². The number of carbonyl (C=O) groups is 1. The van der Waals surface area contributed by atoms with Crippen LogP contribution in [0.15, 0.2) is 42.6 Å². The third kappa shape index (κ3) is 5.61. The van der Waals surface area contributed by atoms with Gasteiger partial charge in [-0.15, -0.1) is 12.4 Å². The fourth-order valence-corrected chi connectivity index (χ4v) is 1.76. The molecule has 1 heterocycles. The van der Waals surface area contributed by atoms with Crippen molar-refractivity contribution in [3.63, 3.8) is 0 Å². The SMILES string of the molecule is CCCOc1ccc(NC(=O)Cc2ccc(N)cn2)cc1.Cl. The normalized spacial score (nSPS) is 9.68. The Balaban J connectivity index is 0.00000242. The number of benzene rings is 1. The molecule has 0 atom stereocenters. The highest BCUT2D eigenvalue weighted by Gasteiger charge is 2.05. The zero-order chi connectivity index (χ0) is 15.1. The second-order valence-electron chi connectivity index (χ2n) is 4.68. The van der Waals surface area contributed by atoms with Gasteiger partial charge in [0.15, 0.2) is 0 Å². The van der Waals surface area contributed by atoms with Crippen molar-refractivity contribution < 1.29 is 9.53 Å². The van der Waals surface area contributed by atoms with Crippen LogP contribution in [0.25, 0.3) is 0 Å². The lowest BCUT2D eigenvalue weighted by atomic mass is 10.2. The number of nitrogen functional groups attached to an aromatic ring is 1. The molecule has 1 aromatic carbocycles. The lowest BCUT2D eigenvalue weighted by Crippen LogP contribution is -2.15. The van der Waals surface area contributed by atoms with Gasteiger partial charge in [-0.25, -0.2) is 0 Å². The number of hydrogen-bond donors (Lipinski definition) is 2. The van der Waals surface area contributed by atoms with Gasteiger partial charge in [-0.05, 0) is 42.8 Å². The number of amides is 1. The van der Waals surface area contributed by atoms with Crippen LogP contribution >= 0.6 is 12.4 Å². The summed E-state index contributed by atoms with van der Waals surface area (Å²) in [6.07, 6.45) is 2.73. The summed E-state index contributed by atoms with van der Waals surface area (Å²) < 4.78 is 5.49. The minimum absolute atomic E-state index is 0. The summed E-state index contributed by atoms with van der Waals surface area (Å²) in [5.74, 6) is 0.685. The first-order valence-electron chi connectivity index (χ1n) is 6.90. The molecule has 0 unspecified atom stereocenters. The Morgan fingerprint density at radius 2 is 1.95 bits per heavy atom. The van der Waals surface area contributed by atoms with Crippen molar-refractivity contribution in [1.82, 2.24) is 4.98 Å². The van der Waals surface area contributed by atoms with Crippen LogP contribution in [0.3, 0.4) is 0 Å². The van der Waals surface area contributed by atoms with E-state index in [2.05, 4.69) is 17.2 Å². The Morgan fingerprint density at radius 1 is 1.23 bits per heavy atom. The zero-order valence-electron chi connectivity index (χ0n) is 12.4. The van der Waals surface area contributed by atoms with Gasteiger partial charge in [-0.2, -0.15) is 0 Å². The summed E-state index contributed by atoms with van der Waals surface area (Å²) >= 11 is 0. The van der Waals surface area contributed by atoms with Crippen LogP contribution in [0.4, 0.5) is 11.4 Å². The molecule has 5 nitrogen and oxygen atoms in total. The van der Waals surface area contributed by atoms with Crippen LogP contribution < -0.4 is 15.8 Å². The van der Waals surface area contributed by atoms with Gasteiger partial charge in [-0.3, -0.25) is 9.78 Å². The average Bonchev–Trinajstić information content (AvgIpc) is 2.49. The van der Waals surface area contributed by atoms with Gasteiger partial charge in [0.1, 0.15) is 5.75 Å². The molecule has 1 aromatic heterocycles. The van der Waals surface area contributed by atoms with Gasteiger partial charge in [0.25, 0.3) is 0 Å². The van der Waals surface area contributed by atoms with E-state index >= 15 is 0 Å². The number of nitrogens with one attached hydrogen (secondary N) is 1. The van der Waals surface area contributed by atoms with Crippen molar-refractivity contribution in [2.45, 2.75) is 19.8 Å². The maximum Gasteiger partial charge on any atom is 0.230 e. The average molecular weight is 322 g/mol. The fraction of sp³-hybridized carbons (Fsp3) is 0.250. The molecule has 0 spiro atoms. The molecular weight excluding hydrogens is 302 g/mol. The van der Waals surface area contributed by atoms with Gasteiger partial charge in [0.2, 0.25) is 5.91 Å². The summed E-state index contributed by atoms with van der Waals surface area (Å²) in [5, 5.41) is 2.82. The third-order valence-corrected chi connectivity index (χ3v) is 2.80. The first kappa shape index (κ1) is 17.8. The largest absolute Gasteiger partial charge is 0.494 e. The van der Waals surface area contributed by atoms with Crippen molar-refractivity contribution >= 4 is 29.7 Å². The Kier molecular flexibility index (Phi) is 7.19. The lowest BCUT2D eigenvalue weighted by Gasteiger charge is -2.07. The second kappa shape index (κ2) is 8.89. The number of ether oxygens (including phenoxy) is 1. The van der Waals surface area contributed by atoms with E-state index in [9.17, 15) is 4.79 Å². The van der Waals surface area contributed by atoms with Crippen molar-refractivity contribution in [3.05, 3.63) is 48.3 Å². The van der Waals surface area contributed by atoms with E-state index in [-0.39, 0.29) is 24.7 Å². The second-order valence-corrected chi connectivity index (χ2v) is 4.68.